The van der Waals surface area contributed by atoms with E-state index in [0.29, 0.717) is 0 Å². The van der Waals surface area contributed by atoms with E-state index < -0.39 is 5.82 Å². The highest BCUT2D eigenvalue weighted by Gasteiger charge is 2.09. The Balaban J connectivity index is 1.98. The lowest BCUT2D eigenvalue weighted by Gasteiger charge is -2.08. The van der Waals surface area contributed by atoms with E-state index in [4.69, 9.17) is 0 Å². The van der Waals surface area contributed by atoms with Gasteiger partial charge in [0.2, 0.25) is 5.91 Å². The first-order chi connectivity index (χ1) is 9.60. The van der Waals surface area contributed by atoms with E-state index in [1.807, 2.05) is 32.4 Å². The van der Waals surface area contributed by atoms with Crippen LogP contribution in [0.5, 0.6) is 0 Å². The van der Waals surface area contributed by atoms with Crippen LogP contribution in [0.25, 0.3) is 0 Å². The Kier molecular flexibility index (Phi) is 4.53. The normalized spacial score (nSPS) is 12.2. The molecule has 1 atom stereocenters. The predicted molar refractivity (Wildman–Crippen MR) is 76.9 cm³/mol. The van der Waals surface area contributed by atoms with E-state index in [-0.39, 0.29) is 24.2 Å². The highest BCUT2D eigenvalue weighted by Crippen LogP contribution is 2.14. The molecule has 0 aliphatic carbocycles. The quantitative estimate of drug-likeness (QED) is 0.881. The summed E-state index contributed by atoms with van der Waals surface area (Å²) in [6, 6.07) is 8.31. The third-order valence-electron chi connectivity index (χ3n) is 3.18. The van der Waals surface area contributed by atoms with E-state index in [0.717, 1.165) is 5.56 Å². The van der Waals surface area contributed by atoms with Crippen molar-refractivity contribution in [1.82, 2.24) is 9.88 Å². The van der Waals surface area contributed by atoms with Gasteiger partial charge < -0.3 is 15.2 Å². The second-order valence-corrected chi connectivity index (χ2v) is 4.66. The lowest BCUT2D eigenvalue weighted by Crippen LogP contribution is -2.18. The third-order valence-corrected chi connectivity index (χ3v) is 3.18. The maximum Gasteiger partial charge on any atom is 0.244 e. The van der Waals surface area contributed by atoms with Crippen LogP contribution < -0.4 is 10.6 Å². The highest BCUT2D eigenvalue weighted by molar-refractivity contribution is 5.90. The van der Waals surface area contributed by atoms with Crippen LogP contribution in [0, 0.1) is 5.82 Å². The number of carbonyl (C=O) groups is 1. The summed E-state index contributed by atoms with van der Waals surface area (Å²) in [5.41, 5.74) is 1.31. The molecule has 0 saturated heterocycles. The first-order valence-electron chi connectivity index (χ1n) is 6.47. The summed E-state index contributed by atoms with van der Waals surface area (Å²) in [6.07, 6.45) is 3.74. The molecule has 2 rings (SSSR count). The molecule has 1 amide bonds. The van der Waals surface area contributed by atoms with Crippen molar-refractivity contribution in [2.75, 3.05) is 12.4 Å². The van der Waals surface area contributed by atoms with Crippen molar-refractivity contribution in [1.29, 1.82) is 0 Å². The molecule has 1 aromatic carbocycles. The second kappa shape index (κ2) is 6.34. The van der Waals surface area contributed by atoms with Crippen molar-refractivity contribution in [3.8, 4) is 0 Å². The first kappa shape index (κ1) is 14.3. The van der Waals surface area contributed by atoms with Gasteiger partial charge in [-0.3, -0.25) is 4.79 Å². The van der Waals surface area contributed by atoms with Crippen LogP contribution in [0.15, 0.2) is 42.7 Å². The topological polar surface area (TPSA) is 46.1 Å². The minimum absolute atomic E-state index is 0.158. The van der Waals surface area contributed by atoms with Gasteiger partial charge in [0, 0.05) is 18.4 Å². The summed E-state index contributed by atoms with van der Waals surface area (Å²) >= 11 is 0. The maximum atomic E-state index is 13.4. The molecule has 1 heterocycles. The number of hydrogen-bond acceptors (Lipinski definition) is 2. The number of amides is 1. The monoisotopic (exact) mass is 275 g/mol. The average molecular weight is 275 g/mol. The largest absolute Gasteiger partial charge is 0.345 e. The molecular formula is C15H18FN3O. The number of hydrogen-bond donors (Lipinski definition) is 2. The number of anilines is 1. The van der Waals surface area contributed by atoms with Crippen molar-refractivity contribution in [2.45, 2.75) is 19.5 Å². The first-order valence-corrected chi connectivity index (χ1v) is 6.47. The Bertz CT molecular complexity index is 594. The molecular weight excluding hydrogens is 257 g/mol. The number of nitrogens with one attached hydrogen (secondary N) is 2. The molecule has 0 aliphatic heterocycles. The van der Waals surface area contributed by atoms with Gasteiger partial charge in [-0.1, -0.05) is 12.1 Å². The van der Waals surface area contributed by atoms with Crippen molar-refractivity contribution in [3.63, 3.8) is 0 Å². The average Bonchev–Trinajstić information content (AvgIpc) is 2.89. The molecule has 2 N–H and O–H groups in total. The van der Waals surface area contributed by atoms with Crippen LogP contribution >= 0.6 is 0 Å². The summed E-state index contributed by atoms with van der Waals surface area (Å²) < 4.78 is 15.2. The van der Waals surface area contributed by atoms with Gasteiger partial charge in [0.25, 0.3) is 0 Å². The van der Waals surface area contributed by atoms with Crippen LogP contribution in [-0.2, 0) is 11.3 Å². The van der Waals surface area contributed by atoms with Crippen molar-refractivity contribution >= 4 is 11.6 Å². The fraction of sp³-hybridized carbons (Fsp3) is 0.267. The maximum absolute atomic E-state index is 13.4. The Hall–Kier alpha value is -2.14. The Labute approximate surface area is 117 Å². The molecule has 2 aromatic rings. The molecule has 0 saturated carbocycles. The van der Waals surface area contributed by atoms with E-state index in [1.165, 1.54) is 12.1 Å². The summed E-state index contributed by atoms with van der Waals surface area (Å²) in [5, 5.41) is 5.69. The molecule has 5 heteroatoms. The zero-order chi connectivity index (χ0) is 14.5. The highest BCUT2D eigenvalue weighted by atomic mass is 19.1. The molecule has 1 aromatic heterocycles. The minimum Gasteiger partial charge on any atom is -0.345 e. The van der Waals surface area contributed by atoms with E-state index in [2.05, 4.69) is 10.6 Å². The summed E-state index contributed by atoms with van der Waals surface area (Å²) in [5.74, 6) is -0.688. The SMILES string of the molecule is CNC(C)c1ccn(CC(=O)Nc2ccccc2F)c1. The number of nitrogens with zero attached hydrogens (tertiary/aromatic N) is 1. The van der Waals surface area contributed by atoms with E-state index in [9.17, 15) is 9.18 Å². The van der Waals surface area contributed by atoms with Gasteiger partial charge in [0.05, 0.1) is 5.69 Å². The van der Waals surface area contributed by atoms with E-state index >= 15 is 0 Å². The summed E-state index contributed by atoms with van der Waals surface area (Å²) in [6.45, 7) is 2.20. The lowest BCUT2D eigenvalue weighted by molar-refractivity contribution is -0.116. The van der Waals surface area contributed by atoms with Gasteiger partial charge in [-0.05, 0) is 37.7 Å². The third kappa shape index (κ3) is 3.45. The molecule has 20 heavy (non-hydrogen) atoms. The summed E-state index contributed by atoms with van der Waals surface area (Å²) in [7, 11) is 1.88. The molecule has 0 bridgehead atoms. The number of carbonyl (C=O) groups excluding carboxylic acids is 1. The van der Waals surface area contributed by atoms with Crippen LogP contribution in [0.2, 0.25) is 0 Å². The van der Waals surface area contributed by atoms with Crippen LogP contribution in [0.3, 0.4) is 0 Å². The minimum atomic E-state index is -0.433. The Morgan fingerprint density at radius 1 is 1.35 bits per heavy atom. The fourth-order valence-electron chi connectivity index (χ4n) is 1.90. The summed E-state index contributed by atoms with van der Waals surface area (Å²) in [4.78, 5) is 11.9. The van der Waals surface area contributed by atoms with Crippen molar-refractivity contribution in [2.24, 2.45) is 0 Å². The smallest absolute Gasteiger partial charge is 0.244 e. The van der Waals surface area contributed by atoms with Gasteiger partial charge in [-0.2, -0.15) is 0 Å². The van der Waals surface area contributed by atoms with Crippen LogP contribution in [0.4, 0.5) is 10.1 Å². The Morgan fingerprint density at radius 3 is 2.80 bits per heavy atom. The van der Waals surface area contributed by atoms with E-state index in [1.54, 1.807) is 16.7 Å². The van der Waals surface area contributed by atoms with Crippen LogP contribution in [-0.4, -0.2) is 17.5 Å². The fourth-order valence-corrected chi connectivity index (χ4v) is 1.90. The standard InChI is InChI=1S/C15H18FN3O/c1-11(17-2)12-7-8-19(9-12)10-15(20)18-14-6-4-3-5-13(14)16/h3-9,11,17H,10H2,1-2H3,(H,18,20). The molecule has 0 aliphatic rings. The molecule has 0 fully saturated rings. The van der Waals surface area contributed by atoms with Crippen LogP contribution in [0.1, 0.15) is 18.5 Å². The number of benzene rings is 1. The van der Waals surface area contributed by atoms with Gasteiger partial charge in [0.1, 0.15) is 12.4 Å². The zero-order valence-electron chi connectivity index (χ0n) is 11.6. The van der Waals surface area contributed by atoms with Gasteiger partial charge in [-0.15, -0.1) is 0 Å². The molecule has 4 nitrogen and oxygen atoms in total. The lowest BCUT2D eigenvalue weighted by atomic mass is 10.2. The van der Waals surface area contributed by atoms with Gasteiger partial charge in [-0.25, -0.2) is 4.39 Å². The van der Waals surface area contributed by atoms with Crippen molar-refractivity contribution in [3.05, 3.63) is 54.1 Å². The number of para-hydroxylation sites is 1. The molecule has 0 radical (unpaired) electrons. The molecule has 0 spiro atoms. The second-order valence-electron chi connectivity index (χ2n) is 4.66. The number of halogens is 1. The van der Waals surface area contributed by atoms with Gasteiger partial charge in [0.15, 0.2) is 0 Å². The number of aromatic nitrogens is 1. The predicted octanol–water partition coefficient (Wildman–Crippen LogP) is 2.55. The van der Waals surface area contributed by atoms with Gasteiger partial charge >= 0.3 is 0 Å². The Morgan fingerprint density at radius 2 is 2.10 bits per heavy atom. The molecule has 106 valence electrons. The molecule has 1 unspecified atom stereocenters. The zero-order valence-corrected chi connectivity index (χ0v) is 11.6. The number of rotatable bonds is 5. The van der Waals surface area contributed by atoms with Crippen molar-refractivity contribution < 1.29 is 9.18 Å².